The normalized spacial score (nSPS) is 21.2. The quantitative estimate of drug-likeness (QED) is 0.573. The average Bonchev–Trinajstić information content (AvgIpc) is 3.23. The van der Waals surface area contributed by atoms with E-state index in [0.29, 0.717) is 18.8 Å². The summed E-state index contributed by atoms with van der Waals surface area (Å²) >= 11 is 0. The third-order valence-electron chi connectivity index (χ3n) is 6.66. The number of ether oxygens (including phenoxy) is 3. The van der Waals surface area contributed by atoms with E-state index in [1.54, 1.807) is 11.5 Å². The van der Waals surface area contributed by atoms with Gasteiger partial charge in [0.1, 0.15) is 0 Å². The summed E-state index contributed by atoms with van der Waals surface area (Å²) < 4.78 is 19.0. The second-order valence-corrected chi connectivity index (χ2v) is 9.18. The Balaban J connectivity index is 1.61. The highest BCUT2D eigenvalue weighted by Crippen LogP contribution is 2.37. The van der Waals surface area contributed by atoms with Gasteiger partial charge in [0.05, 0.1) is 31.9 Å². The van der Waals surface area contributed by atoms with Crippen molar-refractivity contribution >= 4 is 22.7 Å². The van der Waals surface area contributed by atoms with Crippen LogP contribution in [-0.4, -0.2) is 72.2 Å². The Kier molecular flexibility index (Phi) is 8.95. The molecule has 190 valence electrons. The first-order valence-corrected chi connectivity index (χ1v) is 12.7. The van der Waals surface area contributed by atoms with Crippen molar-refractivity contribution in [3.05, 3.63) is 47.9 Å². The van der Waals surface area contributed by atoms with Crippen LogP contribution in [0.5, 0.6) is 0 Å². The molecule has 35 heavy (non-hydrogen) atoms. The minimum Gasteiger partial charge on any atom is -0.459 e. The Morgan fingerprint density at radius 1 is 1.06 bits per heavy atom. The van der Waals surface area contributed by atoms with Gasteiger partial charge in [0, 0.05) is 43.9 Å². The molecule has 2 aliphatic rings. The molecule has 1 saturated heterocycles. The van der Waals surface area contributed by atoms with Gasteiger partial charge in [0.15, 0.2) is 5.76 Å². The van der Waals surface area contributed by atoms with Crippen LogP contribution in [0.3, 0.4) is 0 Å². The highest BCUT2D eigenvalue weighted by atomic mass is 16.7. The SMILES string of the molecule is CC(=O)n1cc([C@@H]2C=C(C(=O)N3CCCCCCC3)O[C@H](OCCOCCO)C2)c2ccccc21. The predicted octanol–water partition coefficient (Wildman–Crippen LogP) is 3.83. The van der Waals surface area contributed by atoms with Crippen LogP contribution in [0.4, 0.5) is 0 Å². The molecule has 1 N–H and O–H groups in total. The average molecular weight is 485 g/mol. The van der Waals surface area contributed by atoms with Crippen molar-refractivity contribution in [2.24, 2.45) is 0 Å². The monoisotopic (exact) mass is 484 g/mol. The minimum absolute atomic E-state index is 0.0422. The number of amides is 1. The number of aliphatic hydroxyl groups excluding tert-OH is 1. The number of rotatable bonds is 8. The molecule has 1 amide bonds. The van der Waals surface area contributed by atoms with E-state index < -0.39 is 6.29 Å². The number of carbonyl (C=O) groups excluding carboxylic acids is 2. The van der Waals surface area contributed by atoms with Crippen molar-refractivity contribution in [3.8, 4) is 0 Å². The lowest BCUT2D eigenvalue weighted by Gasteiger charge is -2.32. The summed E-state index contributed by atoms with van der Waals surface area (Å²) in [7, 11) is 0. The Hall–Kier alpha value is -2.68. The minimum atomic E-state index is -0.615. The molecule has 4 rings (SSSR count). The standard InChI is InChI=1S/C27H36N2O6/c1-20(31)29-19-23(22-9-5-6-10-24(22)29)21-17-25(27(32)28-11-7-3-2-4-8-12-28)35-26(18-21)34-16-15-33-14-13-30/h5-6,9-10,17,19,21,26,30H,2-4,7-8,11-16,18H2,1H3/t21-,26+/m1/s1. The number of fused-ring (bicyclic) bond motifs is 1. The Labute approximate surface area is 206 Å². The smallest absolute Gasteiger partial charge is 0.288 e. The maximum absolute atomic E-state index is 13.5. The van der Waals surface area contributed by atoms with Gasteiger partial charge in [-0.25, -0.2) is 0 Å². The van der Waals surface area contributed by atoms with Gasteiger partial charge in [0.25, 0.3) is 5.91 Å². The number of carbonyl (C=O) groups is 2. The maximum Gasteiger partial charge on any atom is 0.288 e. The summed E-state index contributed by atoms with van der Waals surface area (Å²) in [5, 5.41) is 9.87. The summed E-state index contributed by atoms with van der Waals surface area (Å²) in [6.45, 7) is 3.83. The molecular formula is C27H36N2O6. The number of nitrogens with zero attached hydrogens (tertiary/aromatic N) is 2. The Morgan fingerprint density at radius 3 is 2.54 bits per heavy atom. The van der Waals surface area contributed by atoms with E-state index in [9.17, 15) is 9.59 Å². The summed E-state index contributed by atoms with van der Waals surface area (Å²) in [5.74, 6) is 0.000335. The van der Waals surface area contributed by atoms with E-state index in [1.165, 1.54) is 6.42 Å². The number of benzene rings is 1. The van der Waals surface area contributed by atoms with Crippen molar-refractivity contribution in [3.63, 3.8) is 0 Å². The van der Waals surface area contributed by atoms with Crippen molar-refractivity contribution in [2.75, 3.05) is 39.5 Å². The summed E-state index contributed by atoms with van der Waals surface area (Å²) in [6, 6.07) is 7.81. The zero-order valence-electron chi connectivity index (χ0n) is 20.5. The lowest BCUT2D eigenvalue weighted by Crippen LogP contribution is -2.38. The van der Waals surface area contributed by atoms with E-state index in [4.69, 9.17) is 19.3 Å². The first-order valence-electron chi connectivity index (χ1n) is 12.7. The molecule has 3 heterocycles. The number of likely N-dealkylation sites (tertiary alicyclic amines) is 1. The number of hydrogen-bond acceptors (Lipinski definition) is 6. The van der Waals surface area contributed by atoms with E-state index in [1.807, 2.05) is 41.4 Å². The van der Waals surface area contributed by atoms with Gasteiger partial charge in [0.2, 0.25) is 12.2 Å². The third-order valence-corrected chi connectivity index (χ3v) is 6.66. The fourth-order valence-corrected chi connectivity index (χ4v) is 4.90. The molecule has 1 aromatic carbocycles. The molecular weight excluding hydrogens is 448 g/mol. The fourth-order valence-electron chi connectivity index (χ4n) is 4.90. The van der Waals surface area contributed by atoms with Gasteiger partial charge in [-0.3, -0.25) is 14.2 Å². The maximum atomic E-state index is 13.5. The lowest BCUT2D eigenvalue weighted by molar-refractivity contribution is -0.156. The highest BCUT2D eigenvalue weighted by molar-refractivity contribution is 5.95. The van der Waals surface area contributed by atoms with Crippen LogP contribution in [0.2, 0.25) is 0 Å². The van der Waals surface area contributed by atoms with Crippen molar-refractivity contribution in [2.45, 2.75) is 57.7 Å². The second kappa shape index (κ2) is 12.3. The van der Waals surface area contributed by atoms with Crippen LogP contribution < -0.4 is 0 Å². The topological polar surface area (TPSA) is 90.2 Å². The number of aliphatic hydroxyl groups is 1. The Morgan fingerprint density at radius 2 is 1.80 bits per heavy atom. The predicted molar refractivity (Wildman–Crippen MR) is 132 cm³/mol. The molecule has 0 saturated carbocycles. The van der Waals surface area contributed by atoms with E-state index in [0.717, 1.165) is 55.2 Å². The first kappa shape index (κ1) is 25.4. The van der Waals surface area contributed by atoms with Gasteiger partial charge in [-0.05, 0) is 30.5 Å². The summed E-state index contributed by atoms with van der Waals surface area (Å²) in [6.07, 6.45) is 9.16. The first-order chi connectivity index (χ1) is 17.1. The molecule has 0 unspecified atom stereocenters. The van der Waals surface area contributed by atoms with Crippen LogP contribution in [0, 0.1) is 0 Å². The van der Waals surface area contributed by atoms with Gasteiger partial charge >= 0.3 is 0 Å². The van der Waals surface area contributed by atoms with Gasteiger partial charge in [-0.2, -0.15) is 0 Å². The largest absolute Gasteiger partial charge is 0.459 e. The number of aromatic nitrogens is 1. The zero-order valence-corrected chi connectivity index (χ0v) is 20.5. The molecule has 2 aliphatic heterocycles. The van der Waals surface area contributed by atoms with Crippen molar-refractivity contribution in [1.29, 1.82) is 0 Å². The highest BCUT2D eigenvalue weighted by Gasteiger charge is 2.32. The second-order valence-electron chi connectivity index (χ2n) is 9.18. The van der Waals surface area contributed by atoms with Gasteiger partial charge in [-0.15, -0.1) is 0 Å². The van der Waals surface area contributed by atoms with E-state index >= 15 is 0 Å². The van der Waals surface area contributed by atoms with Crippen LogP contribution >= 0.6 is 0 Å². The zero-order chi connectivity index (χ0) is 24.6. The molecule has 8 heteroatoms. The van der Waals surface area contributed by atoms with Gasteiger partial charge in [-0.1, -0.05) is 37.5 Å². The van der Waals surface area contributed by atoms with Crippen LogP contribution in [0.1, 0.15) is 61.7 Å². The number of para-hydroxylation sites is 1. The van der Waals surface area contributed by atoms with Crippen LogP contribution in [0.25, 0.3) is 10.9 Å². The van der Waals surface area contributed by atoms with Gasteiger partial charge < -0.3 is 24.2 Å². The van der Waals surface area contributed by atoms with Crippen LogP contribution in [-0.2, 0) is 19.0 Å². The molecule has 0 bridgehead atoms. The number of hydrogen-bond donors (Lipinski definition) is 1. The van der Waals surface area contributed by atoms with Crippen molar-refractivity contribution < 1.29 is 28.9 Å². The molecule has 1 fully saturated rings. The summed E-state index contributed by atoms with van der Waals surface area (Å²) in [4.78, 5) is 27.7. The van der Waals surface area contributed by atoms with Crippen LogP contribution in [0.15, 0.2) is 42.3 Å². The molecule has 0 spiro atoms. The third kappa shape index (κ3) is 6.31. The molecule has 0 radical (unpaired) electrons. The summed E-state index contributed by atoms with van der Waals surface area (Å²) in [5.41, 5.74) is 1.82. The van der Waals surface area contributed by atoms with E-state index in [-0.39, 0.29) is 37.6 Å². The molecule has 0 aliphatic carbocycles. The molecule has 2 atom stereocenters. The lowest BCUT2D eigenvalue weighted by atomic mass is 9.92. The Bertz CT molecular complexity index is 1040. The van der Waals surface area contributed by atoms with E-state index in [2.05, 4.69) is 0 Å². The van der Waals surface area contributed by atoms with Crippen molar-refractivity contribution in [1.82, 2.24) is 9.47 Å². The molecule has 2 aromatic rings. The molecule has 8 nitrogen and oxygen atoms in total. The molecule has 1 aromatic heterocycles. The fraction of sp³-hybridized carbons (Fsp3) is 0.556. The number of allylic oxidation sites excluding steroid dienone is 1.